The molecular formula is C5H8N4OS. The van der Waals surface area contributed by atoms with E-state index in [1.165, 1.54) is 12.5 Å². The van der Waals surface area contributed by atoms with Gasteiger partial charge >= 0.3 is 0 Å². The van der Waals surface area contributed by atoms with Crippen LogP contribution in [-0.4, -0.2) is 20.4 Å². The van der Waals surface area contributed by atoms with Crippen LogP contribution in [0.1, 0.15) is 5.56 Å². The maximum absolute atomic E-state index is 5.40. The summed E-state index contributed by atoms with van der Waals surface area (Å²) in [6.07, 6.45) is 2.84. The van der Waals surface area contributed by atoms with Gasteiger partial charge in [-0.05, 0) is 0 Å². The minimum atomic E-state index is 0. The monoisotopic (exact) mass is 172 g/mol. The highest BCUT2D eigenvalue weighted by atomic mass is 32.1. The number of anilines is 1. The predicted molar refractivity (Wildman–Crippen MR) is 45.9 cm³/mol. The molecule has 0 amide bonds. The second-order valence-corrected chi connectivity index (χ2v) is 2.13. The lowest BCUT2D eigenvalue weighted by atomic mass is 10.3. The van der Waals surface area contributed by atoms with Gasteiger partial charge in [0.2, 0.25) is 0 Å². The smallest absolute Gasteiger partial charge is 0.137 e. The topological polar surface area (TPSA) is 109 Å². The summed E-state index contributed by atoms with van der Waals surface area (Å²) in [5.74, 6) is 0.322. The Morgan fingerprint density at radius 3 is 2.55 bits per heavy atom. The molecule has 0 aromatic carbocycles. The van der Waals surface area contributed by atoms with Gasteiger partial charge in [-0.15, -0.1) is 0 Å². The first kappa shape index (κ1) is 9.73. The highest BCUT2D eigenvalue weighted by Crippen LogP contribution is 2.02. The van der Waals surface area contributed by atoms with Crippen molar-refractivity contribution in [2.45, 2.75) is 0 Å². The molecule has 0 saturated carbocycles. The van der Waals surface area contributed by atoms with E-state index in [0.717, 1.165) is 0 Å². The Labute approximate surface area is 68.8 Å². The van der Waals surface area contributed by atoms with Gasteiger partial charge < -0.3 is 16.9 Å². The number of nitrogen functional groups attached to an aromatic ring is 1. The molecule has 60 valence electrons. The fourth-order valence-corrected chi connectivity index (χ4v) is 0.686. The largest absolute Gasteiger partial charge is 0.412 e. The molecule has 0 fully saturated rings. The highest BCUT2D eigenvalue weighted by Gasteiger charge is 2.00. The number of hydrogen-bond donors (Lipinski definition) is 2. The molecule has 0 radical (unpaired) electrons. The number of nitrogens with two attached hydrogens (primary N) is 2. The molecule has 0 bridgehead atoms. The summed E-state index contributed by atoms with van der Waals surface area (Å²) in [6, 6.07) is 0. The molecule has 0 saturated heterocycles. The number of hydrogen-bond acceptors (Lipinski definition) is 4. The van der Waals surface area contributed by atoms with E-state index in [4.69, 9.17) is 11.5 Å². The van der Waals surface area contributed by atoms with Crippen molar-refractivity contribution in [1.29, 1.82) is 0 Å². The summed E-state index contributed by atoms with van der Waals surface area (Å²) in [7, 11) is 0. The molecule has 11 heavy (non-hydrogen) atoms. The number of thiocarbonyl (C=S) groups is 1. The molecule has 0 atom stereocenters. The third-order valence-electron chi connectivity index (χ3n) is 1.01. The van der Waals surface area contributed by atoms with Crippen molar-refractivity contribution in [1.82, 2.24) is 9.97 Å². The van der Waals surface area contributed by atoms with Crippen molar-refractivity contribution in [3.05, 3.63) is 18.1 Å². The van der Waals surface area contributed by atoms with E-state index in [0.29, 0.717) is 11.4 Å². The first-order valence-electron chi connectivity index (χ1n) is 2.57. The average Bonchev–Trinajstić information content (AvgIpc) is 1.88. The van der Waals surface area contributed by atoms with E-state index in [-0.39, 0.29) is 10.5 Å². The molecule has 1 aromatic heterocycles. The molecule has 5 nitrogen and oxygen atoms in total. The summed E-state index contributed by atoms with van der Waals surface area (Å²) in [5.41, 5.74) is 11.2. The summed E-state index contributed by atoms with van der Waals surface area (Å²) in [6.45, 7) is 0. The van der Waals surface area contributed by atoms with Crippen LogP contribution in [0.15, 0.2) is 12.5 Å². The van der Waals surface area contributed by atoms with Gasteiger partial charge in [0.25, 0.3) is 0 Å². The fraction of sp³-hybridized carbons (Fsp3) is 0. The molecule has 1 aromatic rings. The van der Waals surface area contributed by atoms with Gasteiger partial charge in [0.15, 0.2) is 0 Å². The normalized spacial score (nSPS) is 8.36. The van der Waals surface area contributed by atoms with Crippen LogP contribution in [0.25, 0.3) is 0 Å². The number of rotatable bonds is 1. The summed E-state index contributed by atoms with van der Waals surface area (Å²) >= 11 is 4.67. The molecule has 1 heterocycles. The Balaban J connectivity index is 0.000001000. The Morgan fingerprint density at radius 2 is 2.18 bits per heavy atom. The number of aromatic nitrogens is 2. The SMILES string of the molecule is NC(=S)c1cncnc1N.O. The van der Waals surface area contributed by atoms with Crippen LogP contribution >= 0.6 is 12.2 Å². The highest BCUT2D eigenvalue weighted by molar-refractivity contribution is 7.80. The molecule has 0 aliphatic rings. The summed E-state index contributed by atoms with van der Waals surface area (Å²) < 4.78 is 0. The van der Waals surface area contributed by atoms with Gasteiger partial charge in [-0.1, -0.05) is 12.2 Å². The Morgan fingerprint density at radius 1 is 1.55 bits per heavy atom. The summed E-state index contributed by atoms with van der Waals surface area (Å²) in [5, 5.41) is 0. The van der Waals surface area contributed by atoms with Crippen LogP contribution in [0.3, 0.4) is 0 Å². The van der Waals surface area contributed by atoms with Crippen LogP contribution in [0.4, 0.5) is 5.82 Å². The third-order valence-corrected chi connectivity index (χ3v) is 1.23. The van der Waals surface area contributed by atoms with Crippen LogP contribution in [-0.2, 0) is 0 Å². The molecule has 0 aliphatic carbocycles. The van der Waals surface area contributed by atoms with E-state index in [9.17, 15) is 0 Å². The van der Waals surface area contributed by atoms with E-state index >= 15 is 0 Å². The maximum atomic E-state index is 5.40. The van der Waals surface area contributed by atoms with Crippen molar-refractivity contribution in [3.8, 4) is 0 Å². The minimum absolute atomic E-state index is 0. The Kier molecular flexibility index (Phi) is 3.35. The molecule has 0 aliphatic heterocycles. The van der Waals surface area contributed by atoms with Crippen LogP contribution in [0, 0.1) is 0 Å². The Bertz CT molecular complexity index is 264. The molecule has 1 rings (SSSR count). The van der Waals surface area contributed by atoms with Crippen molar-refractivity contribution in [2.24, 2.45) is 5.73 Å². The standard InChI is InChI=1S/C5H6N4S.H2O/c6-4-3(5(7)10)1-8-2-9-4;/h1-2H,(H2,7,10)(H2,6,8,9);1H2. The first-order chi connectivity index (χ1) is 4.72. The van der Waals surface area contributed by atoms with Gasteiger partial charge in [-0.3, -0.25) is 0 Å². The van der Waals surface area contributed by atoms with Gasteiger partial charge in [-0.25, -0.2) is 9.97 Å². The fourth-order valence-electron chi connectivity index (χ4n) is 0.529. The third kappa shape index (κ3) is 2.10. The summed E-state index contributed by atoms with van der Waals surface area (Å²) in [4.78, 5) is 7.63. The average molecular weight is 172 g/mol. The molecule has 6 heteroatoms. The maximum Gasteiger partial charge on any atom is 0.137 e. The molecule has 0 spiro atoms. The van der Waals surface area contributed by atoms with Crippen molar-refractivity contribution < 1.29 is 5.48 Å². The lowest BCUT2D eigenvalue weighted by molar-refractivity contribution is 0.824. The van der Waals surface area contributed by atoms with E-state index in [2.05, 4.69) is 22.2 Å². The zero-order valence-electron chi connectivity index (χ0n) is 5.61. The zero-order chi connectivity index (χ0) is 7.56. The number of nitrogens with zero attached hydrogens (tertiary/aromatic N) is 2. The van der Waals surface area contributed by atoms with Gasteiger partial charge in [0.1, 0.15) is 17.1 Å². The van der Waals surface area contributed by atoms with Gasteiger partial charge in [0.05, 0.1) is 5.56 Å². The molecular weight excluding hydrogens is 164 g/mol. The van der Waals surface area contributed by atoms with Gasteiger partial charge in [0, 0.05) is 6.20 Å². The molecule has 0 unspecified atom stereocenters. The lowest BCUT2D eigenvalue weighted by Crippen LogP contribution is -2.13. The van der Waals surface area contributed by atoms with Crippen molar-refractivity contribution >= 4 is 23.0 Å². The van der Waals surface area contributed by atoms with Crippen molar-refractivity contribution in [3.63, 3.8) is 0 Å². The first-order valence-corrected chi connectivity index (χ1v) is 2.98. The lowest BCUT2D eigenvalue weighted by Gasteiger charge is -1.98. The van der Waals surface area contributed by atoms with E-state index < -0.39 is 0 Å². The van der Waals surface area contributed by atoms with E-state index in [1.807, 2.05) is 0 Å². The quantitative estimate of drug-likeness (QED) is 0.521. The van der Waals surface area contributed by atoms with Crippen LogP contribution < -0.4 is 11.5 Å². The predicted octanol–water partition coefficient (Wildman–Crippen LogP) is -1.13. The van der Waals surface area contributed by atoms with Crippen LogP contribution in [0.5, 0.6) is 0 Å². The Hall–Kier alpha value is -1.27. The van der Waals surface area contributed by atoms with Crippen LogP contribution in [0.2, 0.25) is 0 Å². The van der Waals surface area contributed by atoms with Crippen molar-refractivity contribution in [2.75, 3.05) is 5.73 Å². The molecule has 6 N–H and O–H groups in total. The van der Waals surface area contributed by atoms with Gasteiger partial charge in [-0.2, -0.15) is 0 Å². The zero-order valence-corrected chi connectivity index (χ0v) is 6.43. The second kappa shape index (κ2) is 3.79. The second-order valence-electron chi connectivity index (χ2n) is 1.69. The van der Waals surface area contributed by atoms with E-state index in [1.54, 1.807) is 0 Å². The minimum Gasteiger partial charge on any atom is -0.412 e.